The van der Waals surface area contributed by atoms with Crippen molar-refractivity contribution in [3.63, 3.8) is 0 Å². The van der Waals surface area contributed by atoms with Crippen LogP contribution in [0, 0.1) is 0 Å². The third kappa shape index (κ3) is 3.35. The number of nitrogens with zero attached hydrogens (tertiary/aromatic N) is 1. The van der Waals surface area contributed by atoms with E-state index >= 15 is 0 Å². The molecule has 0 aromatic heterocycles. The Bertz CT molecular complexity index is 384. The summed E-state index contributed by atoms with van der Waals surface area (Å²) in [5.41, 5.74) is 1.04. The van der Waals surface area contributed by atoms with Crippen molar-refractivity contribution in [1.29, 1.82) is 0 Å². The molecule has 0 saturated carbocycles. The SMILES string of the molecule is OC[C@@H]1CCCCN1Cc1cc(Cl)ccc1Cl. The summed E-state index contributed by atoms with van der Waals surface area (Å²) in [4.78, 5) is 2.29. The Morgan fingerprint density at radius 1 is 1.29 bits per heavy atom. The van der Waals surface area contributed by atoms with E-state index in [2.05, 4.69) is 4.90 Å². The van der Waals surface area contributed by atoms with E-state index in [9.17, 15) is 5.11 Å². The predicted octanol–water partition coefficient (Wildman–Crippen LogP) is 3.34. The average molecular weight is 274 g/mol. The zero-order valence-electron chi connectivity index (χ0n) is 9.70. The molecule has 2 rings (SSSR count). The van der Waals surface area contributed by atoms with Crippen molar-refractivity contribution < 1.29 is 5.11 Å². The van der Waals surface area contributed by atoms with Gasteiger partial charge in [-0.2, -0.15) is 0 Å². The molecule has 1 atom stereocenters. The summed E-state index contributed by atoms with van der Waals surface area (Å²) in [5.74, 6) is 0. The van der Waals surface area contributed by atoms with Gasteiger partial charge in [-0.25, -0.2) is 0 Å². The van der Waals surface area contributed by atoms with Crippen LogP contribution in [0.3, 0.4) is 0 Å². The maximum absolute atomic E-state index is 9.36. The summed E-state index contributed by atoms with van der Waals surface area (Å²) >= 11 is 12.1. The van der Waals surface area contributed by atoms with Gasteiger partial charge < -0.3 is 5.11 Å². The minimum atomic E-state index is 0.220. The molecule has 1 N–H and O–H groups in total. The van der Waals surface area contributed by atoms with E-state index < -0.39 is 0 Å². The lowest BCUT2D eigenvalue weighted by atomic mass is 10.0. The third-order valence-electron chi connectivity index (χ3n) is 3.34. The van der Waals surface area contributed by atoms with Crippen LogP contribution in [0.1, 0.15) is 24.8 Å². The first-order valence-electron chi connectivity index (χ1n) is 5.99. The topological polar surface area (TPSA) is 23.5 Å². The quantitative estimate of drug-likeness (QED) is 0.913. The number of halogens is 2. The summed E-state index contributed by atoms with van der Waals surface area (Å²) in [7, 11) is 0. The van der Waals surface area contributed by atoms with E-state index in [1.54, 1.807) is 6.07 Å². The van der Waals surface area contributed by atoms with Gasteiger partial charge in [-0.05, 0) is 43.1 Å². The lowest BCUT2D eigenvalue weighted by Crippen LogP contribution is -2.41. The highest BCUT2D eigenvalue weighted by Gasteiger charge is 2.22. The molecule has 0 radical (unpaired) electrons. The molecule has 17 heavy (non-hydrogen) atoms. The zero-order chi connectivity index (χ0) is 12.3. The van der Waals surface area contributed by atoms with E-state index in [4.69, 9.17) is 23.2 Å². The number of benzene rings is 1. The van der Waals surface area contributed by atoms with E-state index in [0.717, 1.165) is 30.1 Å². The van der Waals surface area contributed by atoms with Gasteiger partial charge in [0.25, 0.3) is 0 Å². The van der Waals surface area contributed by atoms with Gasteiger partial charge in [0.2, 0.25) is 0 Å². The van der Waals surface area contributed by atoms with Crippen molar-refractivity contribution in [3.8, 4) is 0 Å². The maximum Gasteiger partial charge on any atom is 0.0586 e. The van der Waals surface area contributed by atoms with Crippen molar-refractivity contribution in [2.24, 2.45) is 0 Å². The van der Waals surface area contributed by atoms with Gasteiger partial charge in [-0.1, -0.05) is 29.6 Å². The normalized spacial score (nSPS) is 21.7. The van der Waals surface area contributed by atoms with Crippen molar-refractivity contribution in [1.82, 2.24) is 4.90 Å². The van der Waals surface area contributed by atoms with Crippen molar-refractivity contribution in [3.05, 3.63) is 33.8 Å². The molecule has 1 heterocycles. The van der Waals surface area contributed by atoms with Crippen molar-refractivity contribution >= 4 is 23.2 Å². The first-order valence-corrected chi connectivity index (χ1v) is 6.75. The van der Waals surface area contributed by atoms with E-state index in [-0.39, 0.29) is 12.6 Å². The molecule has 0 amide bonds. The lowest BCUT2D eigenvalue weighted by molar-refractivity contribution is 0.0841. The van der Waals surface area contributed by atoms with Gasteiger partial charge in [-0.15, -0.1) is 0 Å². The van der Waals surface area contributed by atoms with Crippen LogP contribution in [0.25, 0.3) is 0 Å². The monoisotopic (exact) mass is 273 g/mol. The summed E-state index contributed by atoms with van der Waals surface area (Å²) in [6.45, 7) is 2.01. The molecule has 1 aromatic rings. The first kappa shape index (κ1) is 13.2. The van der Waals surface area contributed by atoms with Gasteiger partial charge in [0.1, 0.15) is 0 Å². The number of likely N-dealkylation sites (tertiary alicyclic amines) is 1. The Hall–Kier alpha value is -0.280. The fourth-order valence-corrected chi connectivity index (χ4v) is 2.73. The van der Waals surface area contributed by atoms with Crippen LogP contribution in [0.2, 0.25) is 10.0 Å². The molecule has 1 fully saturated rings. The Labute approximate surface area is 112 Å². The van der Waals surface area contributed by atoms with Crippen LogP contribution in [0.15, 0.2) is 18.2 Å². The average Bonchev–Trinajstić information content (AvgIpc) is 2.34. The minimum absolute atomic E-state index is 0.220. The molecule has 0 bridgehead atoms. The number of aliphatic hydroxyl groups is 1. The molecular formula is C13H17Cl2NO. The number of hydrogen-bond acceptors (Lipinski definition) is 2. The van der Waals surface area contributed by atoms with E-state index in [1.807, 2.05) is 12.1 Å². The molecule has 1 aliphatic rings. The van der Waals surface area contributed by atoms with Gasteiger partial charge in [0.05, 0.1) is 6.61 Å². The van der Waals surface area contributed by atoms with Crippen LogP contribution < -0.4 is 0 Å². The molecule has 2 nitrogen and oxygen atoms in total. The highest BCUT2D eigenvalue weighted by atomic mass is 35.5. The fraction of sp³-hybridized carbons (Fsp3) is 0.538. The molecule has 1 saturated heterocycles. The number of aliphatic hydroxyl groups excluding tert-OH is 1. The molecule has 0 unspecified atom stereocenters. The van der Waals surface area contributed by atoms with E-state index in [1.165, 1.54) is 12.8 Å². The molecule has 0 aliphatic carbocycles. The summed E-state index contributed by atoms with van der Waals surface area (Å²) in [6.07, 6.45) is 3.45. The Morgan fingerprint density at radius 2 is 2.12 bits per heavy atom. The molecule has 0 spiro atoms. The van der Waals surface area contributed by atoms with Gasteiger partial charge in [0.15, 0.2) is 0 Å². The van der Waals surface area contributed by atoms with Crippen LogP contribution in [-0.4, -0.2) is 29.2 Å². The fourth-order valence-electron chi connectivity index (χ4n) is 2.36. The van der Waals surface area contributed by atoms with Crippen LogP contribution in [0.4, 0.5) is 0 Å². The second-order valence-electron chi connectivity index (χ2n) is 4.54. The summed E-state index contributed by atoms with van der Waals surface area (Å²) < 4.78 is 0. The summed E-state index contributed by atoms with van der Waals surface area (Å²) in [5, 5.41) is 10.8. The maximum atomic E-state index is 9.36. The lowest BCUT2D eigenvalue weighted by Gasteiger charge is -2.34. The van der Waals surface area contributed by atoms with Gasteiger partial charge in [0, 0.05) is 22.6 Å². The van der Waals surface area contributed by atoms with Crippen molar-refractivity contribution in [2.75, 3.05) is 13.2 Å². The Kier molecular flexibility index (Phi) is 4.69. The smallest absolute Gasteiger partial charge is 0.0586 e. The first-order chi connectivity index (χ1) is 8.20. The predicted molar refractivity (Wildman–Crippen MR) is 71.6 cm³/mol. The second-order valence-corrected chi connectivity index (χ2v) is 5.38. The Balaban J connectivity index is 2.10. The number of rotatable bonds is 3. The number of piperidine rings is 1. The van der Waals surface area contributed by atoms with Gasteiger partial charge >= 0.3 is 0 Å². The standard InChI is InChI=1S/C13H17Cl2NO/c14-11-4-5-13(15)10(7-11)8-16-6-2-1-3-12(16)9-17/h4-5,7,12,17H,1-3,6,8-9H2/t12-/m0/s1. The second kappa shape index (κ2) is 6.05. The molecular weight excluding hydrogens is 257 g/mol. The van der Waals surface area contributed by atoms with Gasteiger partial charge in [-0.3, -0.25) is 4.90 Å². The molecule has 94 valence electrons. The third-order valence-corrected chi connectivity index (χ3v) is 3.94. The molecule has 4 heteroatoms. The van der Waals surface area contributed by atoms with Crippen LogP contribution in [-0.2, 0) is 6.54 Å². The minimum Gasteiger partial charge on any atom is -0.395 e. The molecule has 1 aliphatic heterocycles. The van der Waals surface area contributed by atoms with Crippen molar-refractivity contribution in [2.45, 2.75) is 31.8 Å². The van der Waals surface area contributed by atoms with Crippen LogP contribution >= 0.6 is 23.2 Å². The number of hydrogen-bond donors (Lipinski definition) is 1. The van der Waals surface area contributed by atoms with Crippen LogP contribution in [0.5, 0.6) is 0 Å². The van der Waals surface area contributed by atoms with E-state index in [0.29, 0.717) is 5.02 Å². The Morgan fingerprint density at radius 3 is 2.88 bits per heavy atom. The highest BCUT2D eigenvalue weighted by molar-refractivity contribution is 6.33. The zero-order valence-corrected chi connectivity index (χ0v) is 11.2. The summed E-state index contributed by atoms with van der Waals surface area (Å²) in [6, 6.07) is 5.80. The molecule has 1 aromatic carbocycles. The largest absolute Gasteiger partial charge is 0.395 e. The highest BCUT2D eigenvalue weighted by Crippen LogP contribution is 2.25.